The van der Waals surface area contributed by atoms with Crippen LogP contribution in [0.4, 0.5) is 0 Å². The van der Waals surface area contributed by atoms with E-state index in [1.54, 1.807) is 7.11 Å². The van der Waals surface area contributed by atoms with Gasteiger partial charge in [0.15, 0.2) is 0 Å². The van der Waals surface area contributed by atoms with Crippen LogP contribution in [0.2, 0.25) is 0 Å². The van der Waals surface area contributed by atoms with Crippen LogP contribution >= 0.6 is 11.8 Å². The fourth-order valence-corrected chi connectivity index (χ4v) is 3.42. The maximum atomic E-state index is 5.23. The van der Waals surface area contributed by atoms with Crippen LogP contribution in [0.5, 0.6) is 0 Å². The second-order valence-corrected chi connectivity index (χ2v) is 6.13. The molecule has 17 heavy (non-hydrogen) atoms. The van der Waals surface area contributed by atoms with Gasteiger partial charge in [-0.05, 0) is 17.5 Å². The lowest BCUT2D eigenvalue weighted by Gasteiger charge is -2.14. The number of rotatable bonds is 5. The van der Waals surface area contributed by atoms with Gasteiger partial charge in [0.2, 0.25) is 0 Å². The summed E-state index contributed by atoms with van der Waals surface area (Å²) in [6.45, 7) is 3.97. The van der Waals surface area contributed by atoms with Crippen molar-refractivity contribution in [2.75, 3.05) is 12.9 Å². The molecule has 0 spiro atoms. The number of nitrogens with one attached hydrogen (secondary N) is 1. The van der Waals surface area contributed by atoms with Crippen LogP contribution in [0.1, 0.15) is 24.5 Å². The third-order valence-corrected chi connectivity index (χ3v) is 4.55. The summed E-state index contributed by atoms with van der Waals surface area (Å²) in [5.74, 6) is 1.24. The van der Waals surface area contributed by atoms with E-state index in [9.17, 15) is 0 Å². The monoisotopic (exact) mass is 251 g/mol. The molecule has 1 aliphatic heterocycles. The van der Waals surface area contributed by atoms with Gasteiger partial charge >= 0.3 is 0 Å². The van der Waals surface area contributed by atoms with E-state index in [2.05, 4.69) is 48.3 Å². The van der Waals surface area contributed by atoms with Crippen molar-refractivity contribution in [2.45, 2.75) is 37.8 Å². The lowest BCUT2D eigenvalue weighted by molar-refractivity contribution is 0.184. The molecule has 2 atom stereocenters. The molecule has 1 aromatic rings. The Morgan fingerprint density at radius 2 is 2.12 bits per heavy atom. The van der Waals surface area contributed by atoms with Crippen LogP contribution in [0.25, 0.3) is 0 Å². The van der Waals surface area contributed by atoms with Crippen molar-refractivity contribution in [3.8, 4) is 0 Å². The number of benzene rings is 1. The Labute approximate surface area is 108 Å². The Hall–Kier alpha value is -0.510. The Bertz CT molecular complexity index is 356. The predicted octanol–water partition coefficient (Wildman–Crippen LogP) is 2.82. The van der Waals surface area contributed by atoms with Gasteiger partial charge in [0.05, 0.1) is 6.61 Å². The normalized spacial score (nSPS) is 24.1. The minimum absolute atomic E-state index is 0.672. The van der Waals surface area contributed by atoms with Gasteiger partial charge in [0, 0.05) is 30.7 Å². The number of hydrogen-bond acceptors (Lipinski definition) is 3. The highest BCUT2D eigenvalue weighted by molar-refractivity contribution is 8.00. The molecule has 2 rings (SSSR count). The molecule has 1 fully saturated rings. The van der Waals surface area contributed by atoms with Crippen LogP contribution < -0.4 is 5.32 Å². The van der Waals surface area contributed by atoms with E-state index in [4.69, 9.17) is 4.74 Å². The summed E-state index contributed by atoms with van der Waals surface area (Å²) in [5, 5.41) is 4.46. The number of thioether (sulfide) groups is 1. The fourth-order valence-electron chi connectivity index (χ4n) is 2.24. The smallest absolute Gasteiger partial charge is 0.0716 e. The lowest BCUT2D eigenvalue weighted by Crippen LogP contribution is -2.28. The maximum Gasteiger partial charge on any atom is 0.0716 e. The van der Waals surface area contributed by atoms with Crippen LogP contribution in [0.15, 0.2) is 24.3 Å². The molecule has 1 aliphatic rings. The minimum atomic E-state index is 0.672. The molecule has 94 valence electrons. The number of ether oxygens (including phenoxy) is 1. The summed E-state index contributed by atoms with van der Waals surface area (Å²) in [4.78, 5) is 0. The summed E-state index contributed by atoms with van der Waals surface area (Å²) in [6.07, 6.45) is 1.29. The zero-order chi connectivity index (χ0) is 12.1. The standard InChI is InChI=1S/C14H21NOS/c1-11-7-14(10-17-11)15-8-12-5-3-4-6-13(12)9-16-2/h3-6,11,14-15H,7-10H2,1-2H3. The first-order valence-corrected chi connectivity index (χ1v) is 7.25. The zero-order valence-electron chi connectivity index (χ0n) is 10.6. The second-order valence-electron chi connectivity index (χ2n) is 4.66. The molecule has 0 aliphatic carbocycles. The molecule has 0 saturated carbocycles. The van der Waals surface area contributed by atoms with E-state index in [0.717, 1.165) is 11.8 Å². The molecule has 2 nitrogen and oxygen atoms in total. The van der Waals surface area contributed by atoms with Crippen molar-refractivity contribution in [3.05, 3.63) is 35.4 Å². The average molecular weight is 251 g/mol. The summed E-state index contributed by atoms with van der Waals surface area (Å²) in [5.41, 5.74) is 2.65. The molecule has 3 heteroatoms. The van der Waals surface area contributed by atoms with E-state index in [1.165, 1.54) is 23.3 Å². The molecule has 1 N–H and O–H groups in total. The van der Waals surface area contributed by atoms with Crippen molar-refractivity contribution in [2.24, 2.45) is 0 Å². The minimum Gasteiger partial charge on any atom is -0.380 e. The lowest BCUT2D eigenvalue weighted by atomic mass is 10.1. The van der Waals surface area contributed by atoms with Crippen LogP contribution in [0, 0.1) is 0 Å². The first kappa shape index (κ1) is 12.9. The van der Waals surface area contributed by atoms with E-state index in [-0.39, 0.29) is 0 Å². The van der Waals surface area contributed by atoms with E-state index in [0.29, 0.717) is 12.6 Å². The van der Waals surface area contributed by atoms with Crippen molar-refractivity contribution in [1.82, 2.24) is 5.32 Å². The van der Waals surface area contributed by atoms with Gasteiger partial charge in [0.1, 0.15) is 0 Å². The Kier molecular flexibility index (Phi) is 4.89. The molecule has 2 unspecified atom stereocenters. The molecule has 0 bridgehead atoms. The quantitative estimate of drug-likeness (QED) is 0.869. The molecular weight excluding hydrogens is 230 g/mol. The first-order valence-electron chi connectivity index (χ1n) is 6.20. The van der Waals surface area contributed by atoms with Crippen molar-refractivity contribution in [3.63, 3.8) is 0 Å². The summed E-state index contributed by atoms with van der Waals surface area (Å²) >= 11 is 2.07. The Morgan fingerprint density at radius 1 is 1.35 bits per heavy atom. The highest BCUT2D eigenvalue weighted by Crippen LogP contribution is 2.26. The highest BCUT2D eigenvalue weighted by atomic mass is 32.2. The summed E-state index contributed by atoms with van der Waals surface area (Å²) < 4.78 is 5.23. The molecule has 1 aromatic carbocycles. The largest absolute Gasteiger partial charge is 0.380 e. The number of hydrogen-bond donors (Lipinski definition) is 1. The van der Waals surface area contributed by atoms with Crippen LogP contribution in [-0.4, -0.2) is 24.2 Å². The fraction of sp³-hybridized carbons (Fsp3) is 0.571. The molecule has 1 saturated heterocycles. The van der Waals surface area contributed by atoms with Gasteiger partial charge in [-0.1, -0.05) is 31.2 Å². The SMILES string of the molecule is COCc1ccccc1CNC1CSC(C)C1. The second kappa shape index (κ2) is 6.43. The predicted molar refractivity (Wildman–Crippen MR) is 74.3 cm³/mol. The highest BCUT2D eigenvalue weighted by Gasteiger charge is 2.21. The van der Waals surface area contributed by atoms with Gasteiger partial charge in [-0.25, -0.2) is 0 Å². The summed E-state index contributed by atoms with van der Waals surface area (Å²) in [7, 11) is 1.75. The first-order chi connectivity index (χ1) is 8.29. The van der Waals surface area contributed by atoms with Crippen molar-refractivity contribution >= 4 is 11.8 Å². The van der Waals surface area contributed by atoms with Crippen LogP contribution in [-0.2, 0) is 17.9 Å². The van der Waals surface area contributed by atoms with E-state index < -0.39 is 0 Å². The van der Waals surface area contributed by atoms with E-state index >= 15 is 0 Å². The maximum absolute atomic E-state index is 5.23. The molecule has 0 radical (unpaired) electrons. The Balaban J connectivity index is 1.89. The molecular formula is C14H21NOS. The molecule has 0 amide bonds. The number of methoxy groups -OCH3 is 1. The topological polar surface area (TPSA) is 21.3 Å². The summed E-state index contributed by atoms with van der Waals surface area (Å²) in [6, 6.07) is 9.18. The van der Waals surface area contributed by atoms with Crippen LogP contribution in [0.3, 0.4) is 0 Å². The molecule has 1 heterocycles. The zero-order valence-corrected chi connectivity index (χ0v) is 11.4. The third kappa shape index (κ3) is 3.73. The van der Waals surface area contributed by atoms with Crippen molar-refractivity contribution < 1.29 is 4.74 Å². The van der Waals surface area contributed by atoms with E-state index in [1.807, 2.05) is 0 Å². The van der Waals surface area contributed by atoms with Gasteiger partial charge in [-0.3, -0.25) is 0 Å². The van der Waals surface area contributed by atoms with Gasteiger partial charge < -0.3 is 10.1 Å². The third-order valence-electron chi connectivity index (χ3n) is 3.20. The molecule has 0 aromatic heterocycles. The average Bonchev–Trinajstić information content (AvgIpc) is 2.74. The van der Waals surface area contributed by atoms with Crippen molar-refractivity contribution in [1.29, 1.82) is 0 Å². The Morgan fingerprint density at radius 3 is 2.76 bits per heavy atom. The van der Waals surface area contributed by atoms with Gasteiger partial charge in [-0.2, -0.15) is 11.8 Å². The van der Waals surface area contributed by atoms with Gasteiger partial charge in [0.25, 0.3) is 0 Å². The van der Waals surface area contributed by atoms with Gasteiger partial charge in [-0.15, -0.1) is 0 Å².